The number of rotatable bonds is 4. The number of hydrogen-bond donors (Lipinski definition) is 1. The van der Waals surface area contributed by atoms with Crippen molar-refractivity contribution < 1.29 is 0 Å². The molecule has 2 rings (SSSR count). The zero-order valence-corrected chi connectivity index (χ0v) is 10.7. The Balaban J connectivity index is 2.26. The van der Waals surface area contributed by atoms with Crippen molar-refractivity contribution in [3.8, 4) is 5.69 Å². The third-order valence-electron chi connectivity index (χ3n) is 2.46. The zero-order valence-electron chi connectivity index (χ0n) is 9.94. The van der Waals surface area contributed by atoms with Crippen molar-refractivity contribution in [1.82, 2.24) is 20.1 Å². The van der Waals surface area contributed by atoms with E-state index < -0.39 is 0 Å². The fourth-order valence-electron chi connectivity index (χ4n) is 1.54. The van der Waals surface area contributed by atoms with Gasteiger partial charge in [0, 0.05) is 18.9 Å². The van der Waals surface area contributed by atoms with Crippen LogP contribution in [0.15, 0.2) is 24.7 Å². The van der Waals surface area contributed by atoms with Gasteiger partial charge in [0.2, 0.25) is 0 Å². The number of hydrogen-bond acceptors (Lipinski definition) is 3. The number of nitrogens with zero attached hydrogens (tertiary/aromatic N) is 3. The summed E-state index contributed by atoms with van der Waals surface area (Å²) in [7, 11) is 0. The Bertz CT molecular complexity index is 487. The minimum Gasteiger partial charge on any atom is -0.313 e. The molecule has 2 heterocycles. The zero-order chi connectivity index (χ0) is 12.3. The molecule has 0 aromatic carbocycles. The Morgan fingerprint density at radius 3 is 2.88 bits per heavy atom. The van der Waals surface area contributed by atoms with E-state index in [2.05, 4.69) is 28.4 Å². The molecule has 0 fully saturated rings. The molecule has 0 bridgehead atoms. The van der Waals surface area contributed by atoms with E-state index in [0.29, 0.717) is 5.02 Å². The molecule has 0 radical (unpaired) electrons. The summed E-state index contributed by atoms with van der Waals surface area (Å²) < 4.78 is 1.75. The maximum absolute atomic E-state index is 5.99. The summed E-state index contributed by atoms with van der Waals surface area (Å²) in [5.41, 5.74) is 2.88. The van der Waals surface area contributed by atoms with Crippen LogP contribution in [0.3, 0.4) is 0 Å². The molecule has 0 aliphatic heterocycles. The van der Waals surface area contributed by atoms with Gasteiger partial charge in [0.05, 0.1) is 22.6 Å². The lowest BCUT2D eigenvalue weighted by molar-refractivity contribution is 0.722. The Kier molecular flexibility index (Phi) is 3.76. The smallest absolute Gasteiger partial charge is 0.0832 e. The van der Waals surface area contributed by atoms with Crippen LogP contribution in [0, 0.1) is 6.92 Å². The molecule has 0 aliphatic rings. The van der Waals surface area contributed by atoms with Gasteiger partial charge < -0.3 is 5.32 Å². The summed E-state index contributed by atoms with van der Waals surface area (Å²) in [6.45, 7) is 5.71. The van der Waals surface area contributed by atoms with Crippen LogP contribution in [0.25, 0.3) is 5.69 Å². The maximum Gasteiger partial charge on any atom is 0.0832 e. The maximum atomic E-state index is 5.99. The SMILES string of the molecule is CCNCc1cncc(-n2cc(Cl)c(C)n2)c1. The summed E-state index contributed by atoms with van der Waals surface area (Å²) in [4.78, 5) is 4.21. The Hall–Kier alpha value is -1.39. The minimum absolute atomic E-state index is 0.669. The van der Waals surface area contributed by atoms with Gasteiger partial charge in [-0.05, 0) is 25.1 Å². The first-order valence-corrected chi connectivity index (χ1v) is 5.95. The Morgan fingerprint density at radius 1 is 1.41 bits per heavy atom. The number of halogens is 1. The van der Waals surface area contributed by atoms with Crippen LogP contribution in [0.4, 0.5) is 0 Å². The quantitative estimate of drug-likeness (QED) is 0.906. The topological polar surface area (TPSA) is 42.7 Å². The van der Waals surface area contributed by atoms with E-state index in [4.69, 9.17) is 11.6 Å². The molecular weight excluding hydrogens is 236 g/mol. The third kappa shape index (κ3) is 2.84. The van der Waals surface area contributed by atoms with Gasteiger partial charge >= 0.3 is 0 Å². The molecule has 0 saturated carbocycles. The van der Waals surface area contributed by atoms with Crippen LogP contribution in [0.5, 0.6) is 0 Å². The molecule has 17 heavy (non-hydrogen) atoms. The molecule has 90 valence electrons. The van der Waals surface area contributed by atoms with Crippen LogP contribution >= 0.6 is 11.6 Å². The van der Waals surface area contributed by atoms with E-state index in [1.807, 2.05) is 13.1 Å². The fourth-order valence-corrected chi connectivity index (χ4v) is 1.67. The fraction of sp³-hybridized carbons (Fsp3) is 0.333. The summed E-state index contributed by atoms with van der Waals surface area (Å²) >= 11 is 5.99. The first-order chi connectivity index (χ1) is 8.20. The molecule has 0 spiro atoms. The second kappa shape index (κ2) is 5.29. The van der Waals surface area contributed by atoms with Crippen LogP contribution < -0.4 is 5.32 Å². The monoisotopic (exact) mass is 250 g/mol. The molecule has 0 aliphatic carbocycles. The van der Waals surface area contributed by atoms with E-state index >= 15 is 0 Å². The van der Waals surface area contributed by atoms with E-state index in [9.17, 15) is 0 Å². The van der Waals surface area contributed by atoms with Gasteiger partial charge in [-0.2, -0.15) is 5.10 Å². The average Bonchev–Trinajstić information content (AvgIpc) is 2.68. The molecule has 0 saturated heterocycles. The van der Waals surface area contributed by atoms with Crippen molar-refractivity contribution in [3.05, 3.63) is 40.9 Å². The van der Waals surface area contributed by atoms with E-state index in [1.54, 1.807) is 17.1 Å². The van der Waals surface area contributed by atoms with Crippen molar-refractivity contribution in [2.75, 3.05) is 6.54 Å². The molecule has 2 aromatic rings. The van der Waals surface area contributed by atoms with Crippen LogP contribution in [-0.4, -0.2) is 21.3 Å². The predicted molar refractivity (Wildman–Crippen MR) is 68.5 cm³/mol. The number of aromatic nitrogens is 3. The number of aryl methyl sites for hydroxylation is 1. The van der Waals surface area contributed by atoms with Crippen LogP contribution in [0.2, 0.25) is 5.02 Å². The largest absolute Gasteiger partial charge is 0.313 e. The van der Waals surface area contributed by atoms with Gasteiger partial charge in [0.15, 0.2) is 0 Å². The minimum atomic E-state index is 0.669. The molecule has 1 N–H and O–H groups in total. The van der Waals surface area contributed by atoms with E-state index in [1.165, 1.54) is 0 Å². The highest BCUT2D eigenvalue weighted by atomic mass is 35.5. The predicted octanol–water partition coefficient (Wildman–Crippen LogP) is 2.34. The first-order valence-electron chi connectivity index (χ1n) is 5.57. The van der Waals surface area contributed by atoms with Gasteiger partial charge in [-0.15, -0.1) is 0 Å². The van der Waals surface area contributed by atoms with Gasteiger partial charge in [-0.25, -0.2) is 4.68 Å². The lowest BCUT2D eigenvalue weighted by Gasteiger charge is -2.05. The Labute approximate surface area is 106 Å². The molecule has 5 heteroatoms. The lowest BCUT2D eigenvalue weighted by Crippen LogP contribution is -2.12. The summed E-state index contributed by atoms with van der Waals surface area (Å²) in [6, 6.07) is 2.05. The van der Waals surface area contributed by atoms with Crippen molar-refractivity contribution in [2.24, 2.45) is 0 Å². The van der Waals surface area contributed by atoms with Crippen LogP contribution in [0.1, 0.15) is 18.2 Å². The van der Waals surface area contributed by atoms with Gasteiger partial charge in [-0.3, -0.25) is 4.98 Å². The van der Waals surface area contributed by atoms with Crippen molar-refractivity contribution >= 4 is 11.6 Å². The molecule has 4 nitrogen and oxygen atoms in total. The van der Waals surface area contributed by atoms with E-state index in [-0.39, 0.29) is 0 Å². The third-order valence-corrected chi connectivity index (χ3v) is 2.83. The van der Waals surface area contributed by atoms with Crippen molar-refractivity contribution in [2.45, 2.75) is 20.4 Å². The molecular formula is C12H15ClN4. The highest BCUT2D eigenvalue weighted by Crippen LogP contribution is 2.16. The van der Waals surface area contributed by atoms with Crippen LogP contribution in [-0.2, 0) is 6.54 Å². The summed E-state index contributed by atoms with van der Waals surface area (Å²) in [6.07, 6.45) is 5.42. The van der Waals surface area contributed by atoms with Gasteiger partial charge in [-0.1, -0.05) is 18.5 Å². The van der Waals surface area contributed by atoms with Gasteiger partial charge in [0.1, 0.15) is 0 Å². The second-order valence-electron chi connectivity index (χ2n) is 3.84. The molecule has 0 amide bonds. The average molecular weight is 251 g/mol. The second-order valence-corrected chi connectivity index (χ2v) is 4.25. The normalized spacial score (nSPS) is 10.8. The molecule has 0 unspecified atom stereocenters. The van der Waals surface area contributed by atoms with Crippen molar-refractivity contribution in [1.29, 1.82) is 0 Å². The standard InChI is InChI=1S/C12H15ClN4/c1-3-14-5-10-4-11(7-15-6-10)17-8-12(13)9(2)16-17/h4,6-8,14H,3,5H2,1-2H3. The highest BCUT2D eigenvalue weighted by molar-refractivity contribution is 6.31. The summed E-state index contributed by atoms with van der Waals surface area (Å²) in [5, 5.41) is 8.26. The lowest BCUT2D eigenvalue weighted by atomic mass is 10.2. The highest BCUT2D eigenvalue weighted by Gasteiger charge is 2.04. The molecule has 2 aromatic heterocycles. The number of nitrogens with one attached hydrogen (secondary N) is 1. The number of pyridine rings is 1. The first kappa shape index (κ1) is 12.1. The molecule has 0 atom stereocenters. The van der Waals surface area contributed by atoms with Crippen molar-refractivity contribution in [3.63, 3.8) is 0 Å². The van der Waals surface area contributed by atoms with E-state index in [0.717, 1.165) is 30.0 Å². The van der Waals surface area contributed by atoms with Gasteiger partial charge in [0.25, 0.3) is 0 Å². The summed E-state index contributed by atoms with van der Waals surface area (Å²) in [5.74, 6) is 0. The Morgan fingerprint density at radius 2 is 2.24 bits per heavy atom.